The van der Waals surface area contributed by atoms with E-state index in [1.807, 2.05) is 13.1 Å². The standard InChI is InChI=1S/C15H18N4S/c1-16-10-13-14(17-15-19(13)8-9-20-15)18(2)11-12-6-4-3-5-7-12/h3-9,16H,10-11H2,1-2H3. The van der Waals surface area contributed by atoms with Gasteiger partial charge in [-0.15, -0.1) is 11.3 Å². The molecule has 1 aromatic carbocycles. The van der Waals surface area contributed by atoms with Crippen LogP contribution in [0.1, 0.15) is 11.3 Å². The first-order valence-electron chi connectivity index (χ1n) is 6.63. The van der Waals surface area contributed by atoms with Crippen molar-refractivity contribution in [2.75, 3.05) is 19.0 Å². The topological polar surface area (TPSA) is 32.6 Å². The number of aromatic nitrogens is 2. The maximum Gasteiger partial charge on any atom is 0.195 e. The summed E-state index contributed by atoms with van der Waals surface area (Å²) in [6.45, 7) is 1.68. The molecule has 4 nitrogen and oxygen atoms in total. The fourth-order valence-corrected chi connectivity index (χ4v) is 3.12. The molecule has 0 aliphatic rings. The van der Waals surface area contributed by atoms with Gasteiger partial charge >= 0.3 is 0 Å². The molecule has 0 fully saturated rings. The van der Waals surface area contributed by atoms with Crippen LogP contribution < -0.4 is 10.2 Å². The molecule has 0 amide bonds. The Bertz CT molecular complexity index is 686. The van der Waals surface area contributed by atoms with Gasteiger partial charge in [-0.2, -0.15) is 0 Å². The molecule has 0 unspecified atom stereocenters. The van der Waals surface area contributed by atoms with Gasteiger partial charge in [0.2, 0.25) is 0 Å². The highest BCUT2D eigenvalue weighted by molar-refractivity contribution is 7.15. The Morgan fingerprint density at radius 3 is 2.85 bits per heavy atom. The summed E-state index contributed by atoms with van der Waals surface area (Å²) < 4.78 is 2.16. The first-order valence-corrected chi connectivity index (χ1v) is 7.51. The molecule has 3 rings (SSSR count). The van der Waals surface area contributed by atoms with E-state index in [2.05, 4.69) is 57.5 Å². The largest absolute Gasteiger partial charge is 0.354 e. The molecule has 0 saturated carbocycles. The lowest BCUT2D eigenvalue weighted by Crippen LogP contribution is -2.20. The summed E-state index contributed by atoms with van der Waals surface area (Å²) in [6, 6.07) is 10.5. The van der Waals surface area contributed by atoms with E-state index in [9.17, 15) is 0 Å². The van der Waals surface area contributed by atoms with Crippen molar-refractivity contribution in [1.82, 2.24) is 14.7 Å². The number of nitrogens with zero attached hydrogens (tertiary/aromatic N) is 3. The van der Waals surface area contributed by atoms with Crippen LogP contribution >= 0.6 is 11.3 Å². The van der Waals surface area contributed by atoms with Gasteiger partial charge in [0.05, 0.1) is 5.69 Å². The van der Waals surface area contributed by atoms with Gasteiger partial charge in [-0.05, 0) is 12.6 Å². The molecule has 104 valence electrons. The number of hydrogen-bond acceptors (Lipinski definition) is 4. The van der Waals surface area contributed by atoms with Crippen molar-refractivity contribution in [3.8, 4) is 0 Å². The third-order valence-electron chi connectivity index (χ3n) is 3.31. The van der Waals surface area contributed by atoms with E-state index in [0.717, 1.165) is 23.9 Å². The molecule has 20 heavy (non-hydrogen) atoms. The minimum absolute atomic E-state index is 0.812. The van der Waals surface area contributed by atoms with E-state index < -0.39 is 0 Å². The molecule has 0 saturated heterocycles. The van der Waals surface area contributed by atoms with Gasteiger partial charge in [-0.25, -0.2) is 4.98 Å². The molecule has 0 atom stereocenters. The Labute approximate surface area is 122 Å². The van der Waals surface area contributed by atoms with Crippen molar-refractivity contribution < 1.29 is 0 Å². The Hall–Kier alpha value is -1.85. The maximum atomic E-state index is 4.75. The van der Waals surface area contributed by atoms with Crippen LogP contribution in [0.2, 0.25) is 0 Å². The average Bonchev–Trinajstić information content (AvgIpc) is 3.03. The lowest BCUT2D eigenvalue weighted by atomic mass is 10.2. The van der Waals surface area contributed by atoms with Gasteiger partial charge in [-0.1, -0.05) is 30.3 Å². The van der Waals surface area contributed by atoms with Crippen molar-refractivity contribution in [2.45, 2.75) is 13.1 Å². The average molecular weight is 286 g/mol. The summed E-state index contributed by atoms with van der Waals surface area (Å²) in [5.74, 6) is 1.05. The fraction of sp³-hybridized carbons (Fsp3) is 0.267. The molecule has 0 aliphatic heterocycles. The van der Waals surface area contributed by atoms with Crippen LogP contribution in [0, 0.1) is 0 Å². The number of imidazole rings is 1. The van der Waals surface area contributed by atoms with E-state index in [0.29, 0.717) is 0 Å². The van der Waals surface area contributed by atoms with Crippen molar-refractivity contribution in [3.63, 3.8) is 0 Å². The summed E-state index contributed by atoms with van der Waals surface area (Å²) in [6.07, 6.45) is 2.08. The van der Waals surface area contributed by atoms with Crippen LogP contribution in [-0.4, -0.2) is 23.5 Å². The second kappa shape index (κ2) is 5.64. The van der Waals surface area contributed by atoms with Crippen molar-refractivity contribution in [2.24, 2.45) is 0 Å². The summed E-state index contributed by atoms with van der Waals surface area (Å²) >= 11 is 1.67. The number of hydrogen-bond donors (Lipinski definition) is 1. The molecule has 0 aliphatic carbocycles. The van der Waals surface area contributed by atoms with Crippen LogP contribution in [0.25, 0.3) is 4.96 Å². The van der Waals surface area contributed by atoms with E-state index in [-0.39, 0.29) is 0 Å². The van der Waals surface area contributed by atoms with Gasteiger partial charge in [0.1, 0.15) is 0 Å². The third kappa shape index (κ3) is 2.42. The SMILES string of the molecule is CNCc1c(N(C)Cc2ccccc2)nc2sccn12. The van der Waals surface area contributed by atoms with Crippen LogP contribution in [0.3, 0.4) is 0 Å². The first kappa shape index (κ1) is 13.1. The van der Waals surface area contributed by atoms with Crippen molar-refractivity contribution in [3.05, 3.63) is 53.2 Å². The second-order valence-electron chi connectivity index (χ2n) is 4.81. The minimum atomic E-state index is 0.812. The van der Waals surface area contributed by atoms with Gasteiger partial charge in [-0.3, -0.25) is 4.40 Å². The van der Waals surface area contributed by atoms with Crippen LogP contribution in [0.4, 0.5) is 5.82 Å². The Kier molecular flexibility index (Phi) is 3.71. The number of nitrogens with one attached hydrogen (secondary N) is 1. The molecule has 0 spiro atoms. The Balaban J connectivity index is 1.92. The second-order valence-corrected chi connectivity index (χ2v) is 5.68. The fourth-order valence-electron chi connectivity index (χ4n) is 2.39. The number of thiazole rings is 1. The van der Waals surface area contributed by atoms with Crippen molar-refractivity contribution >= 4 is 22.1 Å². The molecule has 2 heterocycles. The number of rotatable bonds is 5. The van der Waals surface area contributed by atoms with E-state index in [4.69, 9.17) is 4.98 Å². The van der Waals surface area contributed by atoms with Gasteiger partial charge in [0, 0.05) is 31.7 Å². The van der Waals surface area contributed by atoms with E-state index >= 15 is 0 Å². The van der Waals surface area contributed by atoms with Crippen LogP contribution in [0.5, 0.6) is 0 Å². The molecule has 0 bridgehead atoms. The molecule has 2 aromatic heterocycles. The smallest absolute Gasteiger partial charge is 0.195 e. The zero-order valence-electron chi connectivity index (χ0n) is 11.7. The van der Waals surface area contributed by atoms with E-state index in [1.54, 1.807) is 11.3 Å². The van der Waals surface area contributed by atoms with Crippen LogP contribution in [0.15, 0.2) is 41.9 Å². The zero-order valence-corrected chi connectivity index (χ0v) is 12.5. The molecule has 5 heteroatoms. The Morgan fingerprint density at radius 2 is 2.10 bits per heavy atom. The molecular formula is C15H18N4S. The van der Waals surface area contributed by atoms with E-state index in [1.165, 1.54) is 11.3 Å². The summed E-state index contributed by atoms with van der Waals surface area (Å²) in [5.41, 5.74) is 2.50. The number of anilines is 1. The highest BCUT2D eigenvalue weighted by Gasteiger charge is 2.16. The lowest BCUT2D eigenvalue weighted by Gasteiger charge is -2.18. The molecule has 0 radical (unpaired) electrons. The maximum absolute atomic E-state index is 4.75. The molecule has 3 aromatic rings. The third-order valence-corrected chi connectivity index (χ3v) is 4.06. The van der Waals surface area contributed by atoms with Gasteiger partial charge in [0.15, 0.2) is 10.8 Å². The van der Waals surface area contributed by atoms with Crippen molar-refractivity contribution in [1.29, 1.82) is 0 Å². The summed E-state index contributed by atoms with van der Waals surface area (Å²) in [7, 11) is 4.06. The summed E-state index contributed by atoms with van der Waals surface area (Å²) in [4.78, 5) is 8.01. The quantitative estimate of drug-likeness (QED) is 0.783. The molecule has 1 N–H and O–H groups in total. The number of fused-ring (bicyclic) bond motifs is 1. The monoisotopic (exact) mass is 286 g/mol. The normalized spacial score (nSPS) is 11.1. The van der Waals surface area contributed by atoms with Gasteiger partial charge in [0.25, 0.3) is 0 Å². The zero-order chi connectivity index (χ0) is 13.9. The predicted molar refractivity (Wildman–Crippen MR) is 84.4 cm³/mol. The predicted octanol–water partition coefficient (Wildman–Crippen LogP) is 2.75. The minimum Gasteiger partial charge on any atom is -0.354 e. The van der Waals surface area contributed by atoms with Gasteiger partial charge < -0.3 is 10.2 Å². The highest BCUT2D eigenvalue weighted by Crippen LogP contribution is 2.24. The van der Waals surface area contributed by atoms with Crippen LogP contribution in [-0.2, 0) is 13.1 Å². The number of benzene rings is 1. The summed E-state index contributed by atoms with van der Waals surface area (Å²) in [5, 5.41) is 5.30. The first-order chi connectivity index (χ1) is 9.79. The molecular weight excluding hydrogens is 268 g/mol. The highest BCUT2D eigenvalue weighted by atomic mass is 32.1. The Morgan fingerprint density at radius 1 is 1.30 bits per heavy atom. The lowest BCUT2D eigenvalue weighted by molar-refractivity contribution is 0.772.